The molecule has 1 saturated carbocycles. The van der Waals surface area contributed by atoms with E-state index in [1.54, 1.807) is 0 Å². The average Bonchev–Trinajstić information content (AvgIpc) is 3.48. The Hall–Kier alpha value is -2.71. The second kappa shape index (κ2) is 10.1. The van der Waals surface area contributed by atoms with Crippen LogP contribution < -0.4 is 16.8 Å². The fourth-order valence-electron chi connectivity index (χ4n) is 5.37. The second-order valence-corrected chi connectivity index (χ2v) is 10.5. The van der Waals surface area contributed by atoms with Crippen molar-refractivity contribution in [3.8, 4) is 11.3 Å². The summed E-state index contributed by atoms with van der Waals surface area (Å²) in [6.07, 6.45) is 3.60. The average molecular weight is 475 g/mol. The van der Waals surface area contributed by atoms with Crippen LogP contribution in [-0.4, -0.2) is 65.6 Å². The first-order chi connectivity index (χ1) is 16.9. The number of benzene rings is 2. The Morgan fingerprint density at radius 1 is 1.03 bits per heavy atom. The second-order valence-electron chi connectivity index (χ2n) is 10.5. The number of amides is 1. The molecule has 35 heavy (non-hydrogen) atoms. The molecule has 0 unspecified atom stereocenters. The summed E-state index contributed by atoms with van der Waals surface area (Å²) in [5, 5.41) is 4.07. The minimum absolute atomic E-state index is 0.122. The van der Waals surface area contributed by atoms with Crippen molar-refractivity contribution in [2.75, 3.05) is 33.2 Å². The Morgan fingerprint density at radius 3 is 2.43 bits per heavy atom. The quantitative estimate of drug-likeness (QED) is 0.394. The van der Waals surface area contributed by atoms with Gasteiger partial charge in [-0.05, 0) is 54.8 Å². The van der Waals surface area contributed by atoms with Gasteiger partial charge in [0.25, 0.3) is 0 Å². The van der Waals surface area contributed by atoms with Crippen molar-refractivity contribution >= 4 is 16.8 Å². The predicted octanol–water partition coefficient (Wildman–Crippen LogP) is 2.80. The molecule has 0 spiro atoms. The fourth-order valence-corrected chi connectivity index (χ4v) is 5.37. The molecule has 7 heteroatoms. The van der Waals surface area contributed by atoms with Crippen LogP contribution in [0.3, 0.4) is 0 Å². The summed E-state index contributed by atoms with van der Waals surface area (Å²) < 4.78 is 0. The van der Waals surface area contributed by atoms with Crippen molar-refractivity contribution in [2.45, 2.75) is 50.4 Å². The summed E-state index contributed by atoms with van der Waals surface area (Å²) in [6, 6.07) is 17.4. The first-order valence-corrected chi connectivity index (χ1v) is 12.9. The number of carbonyl (C=O) groups excluding carboxylic acids is 1. The van der Waals surface area contributed by atoms with Gasteiger partial charge in [0.2, 0.25) is 5.91 Å². The van der Waals surface area contributed by atoms with Gasteiger partial charge in [-0.2, -0.15) is 0 Å². The van der Waals surface area contributed by atoms with E-state index in [0.717, 1.165) is 80.6 Å². The third-order valence-electron chi connectivity index (χ3n) is 7.67. The number of nitrogens with zero attached hydrogens (tertiary/aromatic N) is 2. The molecule has 1 aromatic heterocycles. The van der Waals surface area contributed by atoms with Gasteiger partial charge in [-0.15, -0.1) is 0 Å². The zero-order valence-electron chi connectivity index (χ0n) is 20.7. The minimum atomic E-state index is -0.753. The third kappa shape index (κ3) is 5.59. The van der Waals surface area contributed by atoms with Crippen LogP contribution in [0, 0.1) is 0 Å². The largest absolute Gasteiger partial charge is 0.355 e. The summed E-state index contributed by atoms with van der Waals surface area (Å²) >= 11 is 0. The highest BCUT2D eigenvalue weighted by Gasteiger charge is 2.37. The summed E-state index contributed by atoms with van der Waals surface area (Å²) in [5.41, 5.74) is 17.6. The van der Waals surface area contributed by atoms with Crippen LogP contribution in [0.4, 0.5) is 0 Å². The standard InChI is InChI=1S/C28H38N6O/c1-33-12-14-34(15-13-33)19-20-4-7-22(8-5-20)25-18-23-16-21(6-9-24(23)31-25)17-26(29)32-27(35)28(30)10-2-3-11-28/h4-9,16,18,26,31H,2-3,10-15,17,19,29-30H2,1H3,(H,32,35)/t26-/m0/s1. The maximum atomic E-state index is 12.6. The van der Waals surface area contributed by atoms with Crippen molar-refractivity contribution < 1.29 is 4.79 Å². The van der Waals surface area contributed by atoms with E-state index in [1.807, 2.05) is 0 Å². The van der Waals surface area contributed by atoms with Crippen molar-refractivity contribution in [3.05, 3.63) is 59.7 Å². The molecule has 1 amide bonds. The van der Waals surface area contributed by atoms with Gasteiger partial charge in [-0.1, -0.05) is 43.2 Å². The zero-order chi connectivity index (χ0) is 24.4. The van der Waals surface area contributed by atoms with Crippen LogP contribution in [0.15, 0.2) is 48.5 Å². The SMILES string of the molecule is CN1CCN(Cc2ccc(-c3cc4cc(C[C@@H](N)NC(=O)C5(N)CCCC5)ccc4[nH]3)cc2)CC1. The lowest BCUT2D eigenvalue weighted by Crippen LogP contribution is -2.56. The lowest BCUT2D eigenvalue weighted by atomic mass is 9.97. The normalized spacial score (nSPS) is 19.7. The molecule has 2 heterocycles. The number of likely N-dealkylation sites (N-methyl/N-ethyl adjacent to an activating group) is 1. The maximum Gasteiger partial charge on any atom is 0.241 e. The van der Waals surface area contributed by atoms with Crippen LogP contribution in [0.5, 0.6) is 0 Å². The van der Waals surface area contributed by atoms with Gasteiger partial charge in [-0.3, -0.25) is 9.69 Å². The number of hydrogen-bond acceptors (Lipinski definition) is 5. The summed E-state index contributed by atoms with van der Waals surface area (Å²) in [7, 11) is 2.19. The molecule has 1 atom stereocenters. The van der Waals surface area contributed by atoms with E-state index < -0.39 is 11.7 Å². The summed E-state index contributed by atoms with van der Waals surface area (Å²) in [4.78, 5) is 21.0. The Kier molecular flexibility index (Phi) is 6.93. The van der Waals surface area contributed by atoms with Gasteiger partial charge in [-0.25, -0.2) is 0 Å². The van der Waals surface area contributed by atoms with Crippen molar-refractivity contribution in [2.24, 2.45) is 11.5 Å². The third-order valence-corrected chi connectivity index (χ3v) is 7.67. The minimum Gasteiger partial charge on any atom is -0.355 e. The highest BCUT2D eigenvalue weighted by Crippen LogP contribution is 2.28. The number of aromatic amines is 1. The number of hydrogen-bond donors (Lipinski definition) is 4. The molecular formula is C28H38N6O. The van der Waals surface area contributed by atoms with Gasteiger partial charge >= 0.3 is 0 Å². The van der Waals surface area contributed by atoms with Crippen molar-refractivity contribution in [1.82, 2.24) is 20.1 Å². The van der Waals surface area contributed by atoms with Crippen molar-refractivity contribution in [3.63, 3.8) is 0 Å². The van der Waals surface area contributed by atoms with Crippen LogP contribution in [-0.2, 0) is 17.8 Å². The first-order valence-electron chi connectivity index (χ1n) is 12.9. The van der Waals surface area contributed by atoms with Gasteiger partial charge in [0.05, 0.1) is 11.7 Å². The van der Waals surface area contributed by atoms with E-state index >= 15 is 0 Å². The number of fused-ring (bicyclic) bond motifs is 1. The van der Waals surface area contributed by atoms with Crippen LogP contribution in [0.25, 0.3) is 22.2 Å². The van der Waals surface area contributed by atoms with E-state index in [4.69, 9.17) is 11.5 Å². The Labute approximate surface area is 207 Å². The smallest absolute Gasteiger partial charge is 0.241 e. The molecule has 0 bridgehead atoms. The number of carbonyl (C=O) groups is 1. The Bertz CT molecular complexity index is 1160. The molecule has 2 fully saturated rings. The Balaban J connectivity index is 1.22. The summed E-state index contributed by atoms with van der Waals surface area (Å²) in [6.45, 7) is 5.54. The number of aromatic nitrogens is 1. The molecule has 1 saturated heterocycles. The van der Waals surface area contributed by atoms with E-state index in [-0.39, 0.29) is 5.91 Å². The molecule has 1 aliphatic heterocycles. The van der Waals surface area contributed by atoms with Crippen LogP contribution in [0.2, 0.25) is 0 Å². The number of nitrogens with two attached hydrogens (primary N) is 2. The fraction of sp³-hybridized carbons (Fsp3) is 0.464. The van der Waals surface area contributed by atoms with Gasteiger partial charge in [0.15, 0.2) is 0 Å². The Morgan fingerprint density at radius 2 is 1.71 bits per heavy atom. The van der Waals surface area contributed by atoms with E-state index in [0.29, 0.717) is 6.42 Å². The highest BCUT2D eigenvalue weighted by molar-refractivity contribution is 5.87. The zero-order valence-corrected chi connectivity index (χ0v) is 20.7. The number of nitrogens with one attached hydrogen (secondary N) is 2. The molecule has 3 aromatic rings. The molecule has 1 aliphatic carbocycles. The molecule has 5 rings (SSSR count). The maximum absolute atomic E-state index is 12.6. The number of piperazine rings is 1. The van der Waals surface area contributed by atoms with E-state index in [2.05, 4.69) is 75.7 Å². The highest BCUT2D eigenvalue weighted by atomic mass is 16.2. The molecule has 7 nitrogen and oxygen atoms in total. The molecule has 2 aromatic carbocycles. The van der Waals surface area contributed by atoms with E-state index in [9.17, 15) is 4.79 Å². The van der Waals surface area contributed by atoms with Crippen LogP contribution >= 0.6 is 0 Å². The van der Waals surface area contributed by atoms with Crippen molar-refractivity contribution in [1.29, 1.82) is 0 Å². The molecule has 6 N–H and O–H groups in total. The number of H-pyrrole nitrogens is 1. The lowest BCUT2D eigenvalue weighted by Gasteiger charge is -2.32. The molecule has 0 radical (unpaired) electrons. The van der Waals surface area contributed by atoms with Gasteiger partial charge < -0.3 is 26.7 Å². The first kappa shape index (κ1) is 24.0. The topological polar surface area (TPSA) is 103 Å². The molecule has 2 aliphatic rings. The molecular weight excluding hydrogens is 436 g/mol. The predicted molar refractivity (Wildman–Crippen MR) is 142 cm³/mol. The lowest BCUT2D eigenvalue weighted by molar-refractivity contribution is -0.126. The van der Waals surface area contributed by atoms with Gasteiger partial charge in [0, 0.05) is 55.7 Å². The van der Waals surface area contributed by atoms with Gasteiger partial charge in [0.1, 0.15) is 0 Å². The number of rotatable bonds is 7. The van der Waals surface area contributed by atoms with Crippen LogP contribution in [0.1, 0.15) is 36.8 Å². The van der Waals surface area contributed by atoms with E-state index in [1.165, 1.54) is 11.1 Å². The molecule has 186 valence electrons. The summed E-state index contributed by atoms with van der Waals surface area (Å²) in [5.74, 6) is -0.122. The monoisotopic (exact) mass is 474 g/mol.